The van der Waals surface area contributed by atoms with Crippen LogP contribution in [0.5, 0.6) is 0 Å². The fourth-order valence-electron chi connectivity index (χ4n) is 1.85. The number of thiocarbonyl (C=S) groups is 1. The molecule has 122 valence electrons. The molecular formula is C15H13ClFNO3S2. The van der Waals surface area contributed by atoms with Gasteiger partial charge in [-0.15, -0.1) is 0 Å². The molecule has 4 nitrogen and oxygen atoms in total. The molecular weight excluding hydrogens is 361 g/mol. The van der Waals surface area contributed by atoms with E-state index in [4.69, 9.17) is 28.6 Å². The van der Waals surface area contributed by atoms with Crippen LogP contribution in [0.15, 0.2) is 23.1 Å². The Morgan fingerprint density at radius 3 is 2.83 bits per heavy atom. The third-order valence-electron chi connectivity index (χ3n) is 2.80. The molecule has 1 aromatic carbocycles. The fourth-order valence-corrected chi connectivity index (χ4v) is 3.30. The Hall–Kier alpha value is -1.44. The molecule has 0 atom stereocenters. The molecule has 23 heavy (non-hydrogen) atoms. The molecule has 8 heteroatoms. The zero-order chi connectivity index (χ0) is 17.1. The van der Waals surface area contributed by atoms with Gasteiger partial charge in [0.25, 0.3) is 5.91 Å². The number of halogens is 2. The Balaban J connectivity index is 2.21. The maximum Gasteiger partial charge on any atom is 0.326 e. The number of rotatable bonds is 4. The Morgan fingerprint density at radius 1 is 1.52 bits per heavy atom. The molecule has 1 fully saturated rings. The second kappa shape index (κ2) is 7.42. The lowest BCUT2D eigenvalue weighted by Crippen LogP contribution is -2.35. The van der Waals surface area contributed by atoms with Crippen molar-refractivity contribution < 1.29 is 18.7 Å². The molecule has 0 bridgehead atoms. The average Bonchev–Trinajstić information content (AvgIpc) is 2.70. The number of benzene rings is 1. The number of nitrogens with zero attached hydrogens (tertiary/aromatic N) is 1. The van der Waals surface area contributed by atoms with Crippen molar-refractivity contribution in [3.05, 3.63) is 39.5 Å². The summed E-state index contributed by atoms with van der Waals surface area (Å²) < 4.78 is 19.0. The van der Waals surface area contributed by atoms with Crippen LogP contribution in [0.25, 0.3) is 6.08 Å². The third-order valence-corrected chi connectivity index (χ3v) is 4.51. The molecule has 0 N–H and O–H groups in total. The molecule has 1 aromatic rings. The Labute approximate surface area is 147 Å². The number of amides is 1. The van der Waals surface area contributed by atoms with Gasteiger partial charge in [0.1, 0.15) is 16.7 Å². The van der Waals surface area contributed by atoms with E-state index in [1.54, 1.807) is 13.8 Å². The van der Waals surface area contributed by atoms with Gasteiger partial charge in [-0.1, -0.05) is 41.6 Å². The van der Waals surface area contributed by atoms with Gasteiger partial charge in [0, 0.05) is 5.56 Å². The zero-order valence-corrected chi connectivity index (χ0v) is 14.7. The summed E-state index contributed by atoms with van der Waals surface area (Å²) in [5.74, 6) is -1.57. The molecule has 0 saturated carbocycles. The number of ether oxygens (including phenoxy) is 1. The Morgan fingerprint density at radius 2 is 2.22 bits per heavy atom. The summed E-state index contributed by atoms with van der Waals surface area (Å²) in [7, 11) is 0. The molecule has 0 unspecified atom stereocenters. The first-order valence-electron chi connectivity index (χ1n) is 6.68. The summed E-state index contributed by atoms with van der Waals surface area (Å²) in [5, 5.41) is 0.189. The van der Waals surface area contributed by atoms with Crippen LogP contribution in [0.3, 0.4) is 0 Å². The molecule has 0 aromatic heterocycles. The van der Waals surface area contributed by atoms with E-state index >= 15 is 0 Å². The van der Waals surface area contributed by atoms with Crippen LogP contribution in [0.4, 0.5) is 4.39 Å². The molecule has 0 aliphatic carbocycles. The van der Waals surface area contributed by atoms with Crippen LogP contribution in [0, 0.1) is 5.82 Å². The number of carbonyl (C=O) groups is 2. The summed E-state index contributed by atoms with van der Waals surface area (Å²) in [6.07, 6.45) is 1.05. The van der Waals surface area contributed by atoms with Crippen LogP contribution < -0.4 is 0 Å². The molecule has 0 radical (unpaired) electrons. The maximum absolute atomic E-state index is 13.8. The van der Waals surface area contributed by atoms with Crippen molar-refractivity contribution in [2.75, 3.05) is 6.54 Å². The molecule has 1 aliphatic rings. The summed E-state index contributed by atoms with van der Waals surface area (Å²) in [4.78, 5) is 25.4. The van der Waals surface area contributed by atoms with Gasteiger partial charge in [0.15, 0.2) is 0 Å². The van der Waals surface area contributed by atoms with Crippen molar-refractivity contribution in [3.63, 3.8) is 0 Å². The molecule has 1 saturated heterocycles. The smallest absolute Gasteiger partial charge is 0.326 e. The highest BCUT2D eigenvalue weighted by molar-refractivity contribution is 8.26. The van der Waals surface area contributed by atoms with Gasteiger partial charge in [0.05, 0.1) is 16.0 Å². The first-order valence-corrected chi connectivity index (χ1v) is 8.28. The quantitative estimate of drug-likeness (QED) is 0.458. The molecule has 2 rings (SSSR count). The van der Waals surface area contributed by atoms with Gasteiger partial charge in [-0.3, -0.25) is 14.5 Å². The lowest BCUT2D eigenvalue weighted by molar-refractivity contribution is -0.149. The summed E-state index contributed by atoms with van der Waals surface area (Å²) in [6, 6.07) is 4.25. The van der Waals surface area contributed by atoms with Crippen LogP contribution in [0.2, 0.25) is 5.02 Å². The minimum absolute atomic E-state index is 0.111. The number of thioether (sulfide) groups is 1. The van der Waals surface area contributed by atoms with E-state index in [0.29, 0.717) is 0 Å². The van der Waals surface area contributed by atoms with Gasteiger partial charge in [-0.05, 0) is 32.1 Å². The van der Waals surface area contributed by atoms with E-state index in [1.807, 2.05) is 0 Å². The summed E-state index contributed by atoms with van der Waals surface area (Å²) in [5.41, 5.74) is 0.111. The first kappa shape index (κ1) is 17.9. The van der Waals surface area contributed by atoms with Gasteiger partial charge in [-0.25, -0.2) is 4.39 Å². The van der Waals surface area contributed by atoms with E-state index in [0.717, 1.165) is 16.7 Å². The highest BCUT2D eigenvalue weighted by atomic mass is 35.5. The second-order valence-corrected chi connectivity index (χ2v) is 7.02. The van der Waals surface area contributed by atoms with Crippen LogP contribution in [-0.2, 0) is 14.3 Å². The van der Waals surface area contributed by atoms with Gasteiger partial charge in [0.2, 0.25) is 0 Å². The second-order valence-electron chi connectivity index (χ2n) is 4.94. The monoisotopic (exact) mass is 373 g/mol. The van der Waals surface area contributed by atoms with E-state index in [9.17, 15) is 14.0 Å². The highest BCUT2D eigenvalue weighted by Gasteiger charge is 2.34. The topological polar surface area (TPSA) is 46.6 Å². The standard InChI is InChI=1S/C15H13ClFNO3S2/c1-8(2)21-13(19)7-18-14(20)12(23-15(18)22)6-9-10(16)4-3-5-11(9)17/h3-6,8H,7H2,1-2H3/b12-6-. The van der Waals surface area contributed by atoms with Crippen LogP contribution >= 0.6 is 35.6 Å². The van der Waals surface area contributed by atoms with E-state index in [2.05, 4.69) is 0 Å². The number of carbonyl (C=O) groups excluding carboxylic acids is 2. The van der Waals surface area contributed by atoms with Gasteiger partial charge in [-0.2, -0.15) is 0 Å². The summed E-state index contributed by atoms with van der Waals surface area (Å²) >= 11 is 12.0. The van der Waals surface area contributed by atoms with Gasteiger partial charge < -0.3 is 4.74 Å². The molecule has 1 aliphatic heterocycles. The van der Waals surface area contributed by atoms with Crippen LogP contribution in [-0.4, -0.2) is 33.7 Å². The molecule has 0 spiro atoms. The van der Waals surface area contributed by atoms with Crippen LogP contribution in [0.1, 0.15) is 19.4 Å². The Bertz CT molecular complexity index is 686. The van der Waals surface area contributed by atoms with E-state index < -0.39 is 17.7 Å². The summed E-state index contributed by atoms with van der Waals surface area (Å²) in [6.45, 7) is 3.15. The first-order chi connectivity index (χ1) is 10.8. The average molecular weight is 374 g/mol. The van der Waals surface area contributed by atoms with Crippen molar-refractivity contribution in [1.82, 2.24) is 4.90 Å². The predicted octanol–water partition coefficient (Wildman–Crippen LogP) is 3.63. The zero-order valence-electron chi connectivity index (χ0n) is 12.3. The minimum atomic E-state index is -0.554. The van der Waals surface area contributed by atoms with Crippen molar-refractivity contribution in [2.45, 2.75) is 20.0 Å². The number of esters is 1. The fraction of sp³-hybridized carbons (Fsp3) is 0.267. The molecule has 1 amide bonds. The van der Waals surface area contributed by atoms with Crippen molar-refractivity contribution >= 4 is 57.9 Å². The van der Waals surface area contributed by atoms with E-state index in [-0.39, 0.29) is 32.5 Å². The van der Waals surface area contributed by atoms with Crippen molar-refractivity contribution in [1.29, 1.82) is 0 Å². The SMILES string of the molecule is CC(C)OC(=O)CN1C(=O)/C(=C/c2c(F)cccc2Cl)SC1=S. The van der Waals surface area contributed by atoms with Gasteiger partial charge >= 0.3 is 5.97 Å². The van der Waals surface area contributed by atoms with Crippen molar-refractivity contribution in [2.24, 2.45) is 0 Å². The lowest BCUT2D eigenvalue weighted by atomic mass is 10.2. The molecule has 1 heterocycles. The maximum atomic E-state index is 13.8. The number of hydrogen-bond acceptors (Lipinski definition) is 5. The predicted molar refractivity (Wildman–Crippen MR) is 92.5 cm³/mol. The van der Waals surface area contributed by atoms with E-state index in [1.165, 1.54) is 24.3 Å². The Kier molecular flexibility index (Phi) is 5.78. The third kappa shape index (κ3) is 4.31. The largest absolute Gasteiger partial charge is 0.462 e. The highest BCUT2D eigenvalue weighted by Crippen LogP contribution is 2.34. The normalized spacial score (nSPS) is 16.6. The lowest BCUT2D eigenvalue weighted by Gasteiger charge is -2.14. The van der Waals surface area contributed by atoms with Crippen molar-refractivity contribution in [3.8, 4) is 0 Å². The minimum Gasteiger partial charge on any atom is -0.462 e. The number of hydrogen-bond donors (Lipinski definition) is 0.